The average molecular weight is 237 g/mol. The summed E-state index contributed by atoms with van der Waals surface area (Å²) in [5.41, 5.74) is 0.969. The molecular weight excluding hydrogens is 218 g/mol. The molecule has 1 aliphatic heterocycles. The van der Waals surface area contributed by atoms with Gasteiger partial charge in [-0.3, -0.25) is 4.68 Å². The number of morpholine rings is 1. The van der Waals surface area contributed by atoms with Crippen LogP contribution in [0.25, 0.3) is 5.76 Å². The van der Waals surface area contributed by atoms with Crippen LogP contribution in [0.3, 0.4) is 0 Å². The van der Waals surface area contributed by atoms with E-state index >= 15 is 0 Å². The van der Waals surface area contributed by atoms with Crippen molar-refractivity contribution in [2.75, 3.05) is 37.8 Å². The molecule has 0 radical (unpaired) electrons. The number of ether oxygens (including phenoxy) is 2. The topological polar surface area (TPSA) is 39.5 Å². The van der Waals surface area contributed by atoms with E-state index in [2.05, 4.69) is 16.6 Å². The average Bonchev–Trinajstić information content (AvgIpc) is 2.73. The summed E-state index contributed by atoms with van der Waals surface area (Å²) in [5, 5.41) is 4.48. The quantitative estimate of drug-likeness (QED) is 0.739. The number of nitrogens with zero attached hydrogens (tertiary/aromatic N) is 3. The van der Waals surface area contributed by atoms with Gasteiger partial charge < -0.3 is 14.4 Å². The third-order valence-electron chi connectivity index (χ3n) is 2.74. The van der Waals surface area contributed by atoms with Crippen LogP contribution in [0.1, 0.15) is 12.5 Å². The molecule has 0 saturated carbocycles. The van der Waals surface area contributed by atoms with Gasteiger partial charge in [-0.15, -0.1) is 0 Å². The van der Waals surface area contributed by atoms with E-state index in [4.69, 9.17) is 9.47 Å². The first kappa shape index (κ1) is 12.0. The van der Waals surface area contributed by atoms with Gasteiger partial charge in [0.15, 0.2) is 5.82 Å². The molecule has 0 bridgehead atoms. The molecule has 94 valence electrons. The molecule has 0 atom stereocenters. The Kier molecular flexibility index (Phi) is 3.68. The van der Waals surface area contributed by atoms with Gasteiger partial charge in [0.25, 0.3) is 0 Å². The van der Waals surface area contributed by atoms with Gasteiger partial charge in [-0.25, -0.2) is 0 Å². The molecule has 0 aromatic carbocycles. The fraction of sp³-hybridized carbons (Fsp3) is 0.583. The van der Waals surface area contributed by atoms with Crippen LogP contribution in [-0.4, -0.2) is 42.7 Å². The lowest BCUT2D eigenvalue weighted by molar-refractivity contribution is 0.122. The van der Waals surface area contributed by atoms with Crippen molar-refractivity contribution in [3.05, 3.63) is 18.3 Å². The van der Waals surface area contributed by atoms with Gasteiger partial charge in [0, 0.05) is 26.3 Å². The second kappa shape index (κ2) is 5.23. The van der Waals surface area contributed by atoms with E-state index < -0.39 is 0 Å². The highest BCUT2D eigenvalue weighted by molar-refractivity contribution is 5.69. The summed E-state index contributed by atoms with van der Waals surface area (Å²) in [7, 11) is 1.91. The van der Waals surface area contributed by atoms with Crippen molar-refractivity contribution in [3.63, 3.8) is 0 Å². The zero-order valence-corrected chi connectivity index (χ0v) is 10.5. The number of hydrogen-bond acceptors (Lipinski definition) is 4. The standard InChI is InChI=1S/C12H19N3O2/c1-4-17-10(2)11-9-14(3)13-12(11)15-5-7-16-8-6-15/h9H,2,4-8H2,1,3H3. The van der Waals surface area contributed by atoms with Crippen molar-refractivity contribution < 1.29 is 9.47 Å². The van der Waals surface area contributed by atoms with Crippen molar-refractivity contribution in [3.8, 4) is 0 Å². The number of rotatable bonds is 4. The van der Waals surface area contributed by atoms with E-state index in [0.29, 0.717) is 12.4 Å². The first-order valence-corrected chi connectivity index (χ1v) is 5.90. The molecule has 5 nitrogen and oxygen atoms in total. The van der Waals surface area contributed by atoms with Crippen LogP contribution < -0.4 is 4.90 Å². The predicted molar refractivity (Wildman–Crippen MR) is 66.9 cm³/mol. The predicted octanol–water partition coefficient (Wildman–Crippen LogP) is 1.26. The summed E-state index contributed by atoms with van der Waals surface area (Å²) in [5.74, 6) is 1.62. The van der Waals surface area contributed by atoms with Crippen molar-refractivity contribution >= 4 is 11.6 Å². The van der Waals surface area contributed by atoms with Crippen LogP contribution in [0.5, 0.6) is 0 Å². The van der Waals surface area contributed by atoms with Gasteiger partial charge in [-0.1, -0.05) is 6.58 Å². The number of hydrogen-bond donors (Lipinski definition) is 0. The van der Waals surface area contributed by atoms with Crippen molar-refractivity contribution in [1.29, 1.82) is 0 Å². The highest BCUT2D eigenvalue weighted by Crippen LogP contribution is 2.25. The lowest BCUT2D eigenvalue weighted by atomic mass is 10.2. The maximum Gasteiger partial charge on any atom is 0.161 e. The Labute approximate surface area is 102 Å². The van der Waals surface area contributed by atoms with Gasteiger partial charge in [-0.2, -0.15) is 5.10 Å². The second-order valence-corrected chi connectivity index (χ2v) is 4.00. The smallest absolute Gasteiger partial charge is 0.161 e. The molecule has 2 rings (SSSR count). The van der Waals surface area contributed by atoms with Crippen LogP contribution in [0.4, 0.5) is 5.82 Å². The van der Waals surface area contributed by atoms with Gasteiger partial charge in [0.2, 0.25) is 0 Å². The Balaban J connectivity index is 2.22. The lowest BCUT2D eigenvalue weighted by Crippen LogP contribution is -2.37. The Morgan fingerprint density at radius 2 is 2.24 bits per heavy atom. The van der Waals surface area contributed by atoms with Gasteiger partial charge >= 0.3 is 0 Å². The van der Waals surface area contributed by atoms with Crippen molar-refractivity contribution in [1.82, 2.24) is 9.78 Å². The lowest BCUT2D eigenvalue weighted by Gasteiger charge is -2.27. The Hall–Kier alpha value is -1.49. The van der Waals surface area contributed by atoms with E-state index in [0.717, 1.165) is 37.7 Å². The summed E-state index contributed by atoms with van der Waals surface area (Å²) < 4.78 is 12.6. The summed E-state index contributed by atoms with van der Waals surface area (Å²) in [6.07, 6.45) is 1.95. The summed E-state index contributed by atoms with van der Waals surface area (Å²) >= 11 is 0. The molecule has 0 spiro atoms. The molecule has 0 amide bonds. The van der Waals surface area contributed by atoms with Gasteiger partial charge in [0.1, 0.15) is 5.76 Å². The van der Waals surface area contributed by atoms with Crippen LogP contribution >= 0.6 is 0 Å². The van der Waals surface area contributed by atoms with Crippen LogP contribution in [0.2, 0.25) is 0 Å². The minimum atomic E-state index is 0.621. The number of aryl methyl sites for hydroxylation is 1. The Bertz CT molecular complexity index is 394. The zero-order chi connectivity index (χ0) is 12.3. The molecule has 2 heterocycles. The highest BCUT2D eigenvalue weighted by Gasteiger charge is 2.20. The minimum Gasteiger partial charge on any atom is -0.494 e. The first-order chi connectivity index (χ1) is 8.22. The number of anilines is 1. The third kappa shape index (κ3) is 2.61. The molecule has 0 aliphatic carbocycles. The van der Waals surface area contributed by atoms with E-state index in [1.807, 2.05) is 20.2 Å². The summed E-state index contributed by atoms with van der Waals surface area (Å²) in [4.78, 5) is 2.21. The first-order valence-electron chi connectivity index (χ1n) is 5.90. The molecular formula is C12H19N3O2. The Morgan fingerprint density at radius 3 is 2.88 bits per heavy atom. The zero-order valence-electron chi connectivity index (χ0n) is 10.5. The van der Waals surface area contributed by atoms with Gasteiger partial charge in [0.05, 0.1) is 25.4 Å². The van der Waals surface area contributed by atoms with Gasteiger partial charge in [-0.05, 0) is 6.92 Å². The molecule has 17 heavy (non-hydrogen) atoms. The van der Waals surface area contributed by atoms with Crippen molar-refractivity contribution in [2.45, 2.75) is 6.92 Å². The molecule has 1 saturated heterocycles. The molecule has 0 N–H and O–H groups in total. The molecule has 1 aromatic heterocycles. The number of aromatic nitrogens is 2. The maximum absolute atomic E-state index is 5.47. The van der Waals surface area contributed by atoms with Crippen LogP contribution in [-0.2, 0) is 16.5 Å². The monoisotopic (exact) mass is 237 g/mol. The SMILES string of the molecule is C=C(OCC)c1cn(C)nc1N1CCOCC1. The molecule has 1 fully saturated rings. The fourth-order valence-electron chi connectivity index (χ4n) is 1.93. The summed E-state index contributed by atoms with van der Waals surface area (Å²) in [6.45, 7) is 9.75. The normalized spacial score (nSPS) is 16.0. The molecule has 1 aromatic rings. The third-order valence-corrected chi connectivity index (χ3v) is 2.74. The van der Waals surface area contributed by atoms with Crippen molar-refractivity contribution in [2.24, 2.45) is 7.05 Å². The van der Waals surface area contributed by atoms with Crippen LogP contribution in [0.15, 0.2) is 12.8 Å². The van der Waals surface area contributed by atoms with E-state index in [-0.39, 0.29) is 0 Å². The van der Waals surface area contributed by atoms with E-state index in [9.17, 15) is 0 Å². The minimum absolute atomic E-state index is 0.621. The summed E-state index contributed by atoms with van der Waals surface area (Å²) in [6, 6.07) is 0. The molecule has 5 heteroatoms. The van der Waals surface area contributed by atoms with E-state index in [1.54, 1.807) is 4.68 Å². The highest BCUT2D eigenvalue weighted by atomic mass is 16.5. The largest absolute Gasteiger partial charge is 0.494 e. The Morgan fingerprint density at radius 1 is 1.53 bits per heavy atom. The maximum atomic E-state index is 5.47. The van der Waals surface area contributed by atoms with E-state index in [1.165, 1.54) is 0 Å². The van der Waals surface area contributed by atoms with Crippen LogP contribution in [0, 0.1) is 0 Å². The molecule has 1 aliphatic rings. The second-order valence-electron chi connectivity index (χ2n) is 4.00. The molecule has 0 unspecified atom stereocenters. The fourth-order valence-corrected chi connectivity index (χ4v) is 1.93.